The number of hydrogen-bond acceptors (Lipinski definition) is 3. The fourth-order valence-electron chi connectivity index (χ4n) is 4.38. The average Bonchev–Trinajstić information content (AvgIpc) is 3.16. The standard InChI is InChI=1S/C19H24N4O/c24-19(15-6-9-18(10-7-15)23-13-20-12-21-23)22-17-8-5-14-3-1-2-4-16(14)11-17/h6-7,9-10,12-14,16-17H,1-5,8,11H2,(H,22,24). The summed E-state index contributed by atoms with van der Waals surface area (Å²) < 4.78 is 1.69. The molecule has 2 fully saturated rings. The van der Waals surface area contributed by atoms with Crippen molar-refractivity contribution in [1.29, 1.82) is 0 Å². The van der Waals surface area contributed by atoms with Crippen LogP contribution < -0.4 is 5.32 Å². The fourth-order valence-corrected chi connectivity index (χ4v) is 4.38. The highest BCUT2D eigenvalue weighted by atomic mass is 16.1. The number of nitrogens with zero attached hydrogens (tertiary/aromatic N) is 3. The van der Waals surface area contributed by atoms with Gasteiger partial charge in [0, 0.05) is 11.6 Å². The molecule has 2 saturated carbocycles. The van der Waals surface area contributed by atoms with Crippen LogP contribution in [0.4, 0.5) is 0 Å². The molecule has 1 aromatic carbocycles. The topological polar surface area (TPSA) is 59.8 Å². The van der Waals surface area contributed by atoms with E-state index in [2.05, 4.69) is 15.4 Å². The van der Waals surface area contributed by atoms with Crippen molar-refractivity contribution >= 4 is 5.91 Å². The third-order valence-corrected chi connectivity index (χ3v) is 5.69. The molecule has 1 amide bonds. The van der Waals surface area contributed by atoms with Crippen molar-refractivity contribution in [2.24, 2.45) is 11.8 Å². The number of aromatic nitrogens is 3. The summed E-state index contributed by atoms with van der Waals surface area (Å²) in [6, 6.07) is 7.87. The van der Waals surface area contributed by atoms with Crippen LogP contribution in [0.15, 0.2) is 36.9 Å². The fraction of sp³-hybridized carbons (Fsp3) is 0.526. The van der Waals surface area contributed by atoms with Crippen LogP contribution >= 0.6 is 0 Å². The Labute approximate surface area is 142 Å². The molecule has 2 aromatic rings. The highest BCUT2D eigenvalue weighted by Crippen LogP contribution is 2.40. The Morgan fingerprint density at radius 1 is 1.04 bits per heavy atom. The number of rotatable bonds is 3. The van der Waals surface area contributed by atoms with Crippen molar-refractivity contribution in [2.75, 3.05) is 0 Å². The molecule has 0 aliphatic heterocycles. The summed E-state index contributed by atoms with van der Waals surface area (Å²) >= 11 is 0. The van der Waals surface area contributed by atoms with Gasteiger partial charge in [0.2, 0.25) is 0 Å². The first kappa shape index (κ1) is 15.4. The van der Waals surface area contributed by atoms with Gasteiger partial charge in [-0.05, 0) is 55.4 Å². The number of carbonyl (C=O) groups is 1. The monoisotopic (exact) mass is 324 g/mol. The Bertz CT molecular complexity index is 680. The van der Waals surface area contributed by atoms with Gasteiger partial charge in [-0.2, -0.15) is 5.10 Å². The molecule has 0 bridgehead atoms. The van der Waals surface area contributed by atoms with Crippen LogP contribution in [0.1, 0.15) is 55.3 Å². The highest BCUT2D eigenvalue weighted by Gasteiger charge is 2.32. The van der Waals surface area contributed by atoms with Gasteiger partial charge in [-0.3, -0.25) is 4.79 Å². The normalized spacial score (nSPS) is 26.6. The first-order valence-corrected chi connectivity index (χ1v) is 9.05. The van der Waals surface area contributed by atoms with E-state index in [1.54, 1.807) is 11.0 Å². The molecule has 2 aliphatic carbocycles. The van der Waals surface area contributed by atoms with Crippen molar-refractivity contribution in [3.05, 3.63) is 42.5 Å². The molecule has 0 spiro atoms. The van der Waals surface area contributed by atoms with E-state index in [0.29, 0.717) is 11.6 Å². The second-order valence-electron chi connectivity index (χ2n) is 7.17. The first-order valence-electron chi connectivity index (χ1n) is 9.05. The van der Waals surface area contributed by atoms with Gasteiger partial charge in [-0.25, -0.2) is 9.67 Å². The summed E-state index contributed by atoms with van der Waals surface area (Å²) in [4.78, 5) is 16.5. The lowest BCUT2D eigenvalue weighted by Crippen LogP contribution is -2.41. The maximum absolute atomic E-state index is 12.5. The zero-order valence-electron chi connectivity index (χ0n) is 13.9. The molecule has 1 aromatic heterocycles. The van der Waals surface area contributed by atoms with Gasteiger partial charge in [-0.15, -0.1) is 0 Å². The van der Waals surface area contributed by atoms with E-state index in [0.717, 1.165) is 30.4 Å². The van der Waals surface area contributed by atoms with Gasteiger partial charge >= 0.3 is 0 Å². The van der Waals surface area contributed by atoms with Gasteiger partial charge < -0.3 is 5.32 Å². The van der Waals surface area contributed by atoms with Gasteiger partial charge in [-0.1, -0.05) is 25.7 Å². The van der Waals surface area contributed by atoms with Gasteiger partial charge in [0.1, 0.15) is 12.7 Å². The molecular weight excluding hydrogens is 300 g/mol. The van der Waals surface area contributed by atoms with Gasteiger partial charge in [0.25, 0.3) is 5.91 Å². The smallest absolute Gasteiger partial charge is 0.251 e. The van der Waals surface area contributed by atoms with Crippen LogP contribution in [-0.4, -0.2) is 26.7 Å². The molecule has 24 heavy (non-hydrogen) atoms. The Kier molecular flexibility index (Phi) is 4.32. The number of nitrogens with one attached hydrogen (secondary N) is 1. The van der Waals surface area contributed by atoms with E-state index in [1.165, 1.54) is 38.4 Å². The second-order valence-corrected chi connectivity index (χ2v) is 7.17. The summed E-state index contributed by atoms with van der Waals surface area (Å²) in [6.07, 6.45) is 12.2. The Hall–Kier alpha value is -2.17. The lowest BCUT2D eigenvalue weighted by Gasteiger charge is -2.39. The summed E-state index contributed by atoms with van der Waals surface area (Å²) in [5, 5.41) is 7.35. The van der Waals surface area contributed by atoms with Crippen molar-refractivity contribution < 1.29 is 4.79 Å². The van der Waals surface area contributed by atoms with Crippen molar-refractivity contribution in [3.63, 3.8) is 0 Å². The lowest BCUT2D eigenvalue weighted by atomic mass is 9.69. The molecule has 3 unspecified atom stereocenters. The Morgan fingerprint density at radius 2 is 1.83 bits per heavy atom. The third-order valence-electron chi connectivity index (χ3n) is 5.69. The highest BCUT2D eigenvalue weighted by molar-refractivity contribution is 5.94. The largest absolute Gasteiger partial charge is 0.349 e. The van der Waals surface area contributed by atoms with E-state index < -0.39 is 0 Å². The van der Waals surface area contributed by atoms with Crippen LogP contribution in [0, 0.1) is 11.8 Å². The number of amides is 1. The van der Waals surface area contributed by atoms with E-state index in [1.807, 2.05) is 24.3 Å². The minimum absolute atomic E-state index is 0.0411. The lowest BCUT2D eigenvalue weighted by molar-refractivity contribution is 0.0879. The predicted octanol–water partition coefficient (Wildman–Crippen LogP) is 3.36. The van der Waals surface area contributed by atoms with Crippen molar-refractivity contribution in [3.8, 4) is 5.69 Å². The van der Waals surface area contributed by atoms with Crippen molar-refractivity contribution in [2.45, 2.75) is 51.0 Å². The SMILES string of the molecule is O=C(NC1CCC2CCCCC2C1)c1ccc(-n2cncn2)cc1. The third kappa shape index (κ3) is 3.21. The zero-order valence-corrected chi connectivity index (χ0v) is 13.9. The average molecular weight is 324 g/mol. The summed E-state index contributed by atoms with van der Waals surface area (Å²) in [5.41, 5.74) is 1.62. The molecule has 1 heterocycles. The maximum Gasteiger partial charge on any atom is 0.251 e. The second kappa shape index (κ2) is 6.75. The molecule has 5 nitrogen and oxygen atoms in total. The number of benzene rings is 1. The van der Waals surface area contributed by atoms with E-state index in [9.17, 15) is 4.79 Å². The van der Waals surface area contributed by atoms with E-state index >= 15 is 0 Å². The molecule has 1 N–H and O–H groups in total. The molecule has 4 rings (SSSR count). The quantitative estimate of drug-likeness (QED) is 0.942. The summed E-state index contributed by atoms with van der Waals surface area (Å²) in [7, 11) is 0. The van der Waals surface area contributed by atoms with Crippen LogP contribution in [-0.2, 0) is 0 Å². The zero-order chi connectivity index (χ0) is 16.4. The van der Waals surface area contributed by atoms with Crippen LogP contribution in [0.3, 0.4) is 0 Å². The molecule has 5 heteroatoms. The number of carbonyl (C=O) groups excluding carboxylic acids is 1. The molecule has 3 atom stereocenters. The Morgan fingerprint density at radius 3 is 2.58 bits per heavy atom. The Balaban J connectivity index is 1.37. The van der Waals surface area contributed by atoms with E-state index in [-0.39, 0.29) is 5.91 Å². The summed E-state index contributed by atoms with van der Waals surface area (Å²) in [6.45, 7) is 0. The summed E-state index contributed by atoms with van der Waals surface area (Å²) in [5.74, 6) is 1.78. The first-order chi connectivity index (χ1) is 11.8. The number of fused-ring (bicyclic) bond motifs is 1. The van der Waals surface area contributed by atoms with Gasteiger partial charge in [0.05, 0.1) is 5.69 Å². The molecule has 0 saturated heterocycles. The molecule has 0 radical (unpaired) electrons. The molecule has 2 aliphatic rings. The molecule has 126 valence electrons. The van der Waals surface area contributed by atoms with Crippen LogP contribution in [0.2, 0.25) is 0 Å². The van der Waals surface area contributed by atoms with E-state index in [4.69, 9.17) is 0 Å². The number of hydrogen-bond donors (Lipinski definition) is 1. The van der Waals surface area contributed by atoms with Crippen molar-refractivity contribution in [1.82, 2.24) is 20.1 Å². The van der Waals surface area contributed by atoms with Crippen LogP contribution in [0.5, 0.6) is 0 Å². The minimum Gasteiger partial charge on any atom is -0.349 e. The molecular formula is C19H24N4O. The predicted molar refractivity (Wildman–Crippen MR) is 91.9 cm³/mol. The van der Waals surface area contributed by atoms with Crippen LogP contribution in [0.25, 0.3) is 5.69 Å². The van der Waals surface area contributed by atoms with Gasteiger partial charge in [0.15, 0.2) is 0 Å². The maximum atomic E-state index is 12.5. The minimum atomic E-state index is 0.0411.